The van der Waals surface area contributed by atoms with E-state index in [2.05, 4.69) is 10.3 Å². The van der Waals surface area contributed by atoms with Crippen molar-refractivity contribution in [3.8, 4) is 0 Å². The molecule has 1 amide bonds. The van der Waals surface area contributed by atoms with Gasteiger partial charge in [-0.3, -0.25) is 4.79 Å². The van der Waals surface area contributed by atoms with E-state index < -0.39 is 0 Å². The van der Waals surface area contributed by atoms with Crippen LogP contribution in [0.3, 0.4) is 0 Å². The van der Waals surface area contributed by atoms with Crippen LogP contribution >= 0.6 is 24.0 Å². The van der Waals surface area contributed by atoms with Crippen LogP contribution in [0.25, 0.3) is 0 Å². The van der Waals surface area contributed by atoms with Crippen LogP contribution in [-0.4, -0.2) is 23.0 Å². The Balaban J connectivity index is 0.00000112. The second-order valence-corrected chi connectivity index (χ2v) is 3.74. The zero-order valence-corrected chi connectivity index (χ0v) is 9.39. The van der Waals surface area contributed by atoms with Crippen LogP contribution in [-0.2, 0) is 0 Å². The van der Waals surface area contributed by atoms with Gasteiger partial charge in [-0.2, -0.15) is 0 Å². The van der Waals surface area contributed by atoms with Gasteiger partial charge < -0.3 is 11.1 Å². The molecule has 82 valence electrons. The molecule has 1 aliphatic carbocycles. The zero-order valence-electron chi connectivity index (χ0n) is 7.81. The molecule has 0 radical (unpaired) electrons. The summed E-state index contributed by atoms with van der Waals surface area (Å²) in [6.45, 7) is 0. The predicted molar refractivity (Wildman–Crippen MR) is 60.3 cm³/mol. The number of nitrogens with one attached hydrogen (secondary N) is 1. The van der Waals surface area contributed by atoms with Crippen LogP contribution in [0.15, 0.2) is 18.3 Å². The number of carbonyl (C=O) groups excluding carboxylic acids is 1. The Morgan fingerprint density at radius 1 is 1.60 bits per heavy atom. The van der Waals surface area contributed by atoms with E-state index in [1.54, 1.807) is 12.1 Å². The van der Waals surface area contributed by atoms with E-state index in [1.165, 1.54) is 6.20 Å². The predicted octanol–water partition coefficient (Wildman–Crippen LogP) is 0.986. The van der Waals surface area contributed by atoms with E-state index in [-0.39, 0.29) is 30.4 Å². The number of carbonyl (C=O) groups is 1. The molecule has 3 N–H and O–H groups in total. The summed E-state index contributed by atoms with van der Waals surface area (Å²) in [4.78, 5) is 15.3. The minimum absolute atomic E-state index is 0. The molecule has 2 unspecified atom stereocenters. The molecular formula is C9H11Cl2N3O. The Kier molecular flexibility index (Phi) is 3.90. The molecule has 2 atom stereocenters. The number of amides is 1. The van der Waals surface area contributed by atoms with E-state index in [9.17, 15) is 4.79 Å². The van der Waals surface area contributed by atoms with Crippen molar-refractivity contribution in [3.05, 3.63) is 29.0 Å². The number of hydrogen-bond acceptors (Lipinski definition) is 3. The van der Waals surface area contributed by atoms with E-state index in [0.29, 0.717) is 10.7 Å². The lowest BCUT2D eigenvalue weighted by molar-refractivity contribution is 0.0950. The Morgan fingerprint density at radius 2 is 2.27 bits per heavy atom. The zero-order chi connectivity index (χ0) is 10.1. The number of halogens is 2. The van der Waals surface area contributed by atoms with Gasteiger partial charge in [0.05, 0.1) is 5.56 Å². The highest BCUT2D eigenvalue weighted by atomic mass is 35.5. The van der Waals surface area contributed by atoms with E-state index >= 15 is 0 Å². The van der Waals surface area contributed by atoms with Gasteiger partial charge >= 0.3 is 0 Å². The maximum absolute atomic E-state index is 11.5. The molecule has 6 heteroatoms. The summed E-state index contributed by atoms with van der Waals surface area (Å²) < 4.78 is 0. The lowest BCUT2D eigenvalue weighted by Gasteiger charge is -2.02. The van der Waals surface area contributed by atoms with Gasteiger partial charge in [-0.15, -0.1) is 12.4 Å². The van der Waals surface area contributed by atoms with Crippen molar-refractivity contribution in [3.63, 3.8) is 0 Å². The highest BCUT2D eigenvalue weighted by Gasteiger charge is 2.34. The summed E-state index contributed by atoms with van der Waals surface area (Å²) in [6.07, 6.45) is 2.30. The maximum Gasteiger partial charge on any atom is 0.253 e. The average Bonchev–Trinajstić information content (AvgIpc) is 2.82. The van der Waals surface area contributed by atoms with Crippen molar-refractivity contribution in [2.75, 3.05) is 0 Å². The summed E-state index contributed by atoms with van der Waals surface area (Å²) in [6, 6.07) is 3.46. The quantitative estimate of drug-likeness (QED) is 0.767. The molecule has 1 aliphatic rings. The molecule has 0 aliphatic heterocycles. The summed E-state index contributed by atoms with van der Waals surface area (Å²) >= 11 is 5.59. The number of nitrogens with two attached hydrogens (primary N) is 1. The first-order valence-corrected chi connectivity index (χ1v) is 4.72. The monoisotopic (exact) mass is 247 g/mol. The highest BCUT2D eigenvalue weighted by molar-refractivity contribution is 6.29. The summed E-state index contributed by atoms with van der Waals surface area (Å²) in [5, 5.41) is 3.17. The van der Waals surface area contributed by atoms with Crippen LogP contribution < -0.4 is 11.1 Å². The largest absolute Gasteiger partial charge is 0.348 e. The first-order valence-electron chi connectivity index (χ1n) is 4.35. The van der Waals surface area contributed by atoms with Crippen molar-refractivity contribution < 1.29 is 4.79 Å². The third kappa shape index (κ3) is 3.06. The van der Waals surface area contributed by atoms with Gasteiger partial charge in [0, 0.05) is 18.3 Å². The molecule has 1 heterocycles. The molecule has 0 spiro atoms. The van der Waals surface area contributed by atoms with Gasteiger partial charge in [0.25, 0.3) is 5.91 Å². The van der Waals surface area contributed by atoms with Gasteiger partial charge in [0.2, 0.25) is 0 Å². The molecule has 1 aromatic rings. The minimum atomic E-state index is -0.146. The second-order valence-electron chi connectivity index (χ2n) is 3.35. The molecule has 0 saturated heterocycles. The van der Waals surface area contributed by atoms with Crippen molar-refractivity contribution >= 4 is 29.9 Å². The van der Waals surface area contributed by atoms with Crippen LogP contribution in [0.5, 0.6) is 0 Å². The number of nitrogens with zero attached hydrogens (tertiary/aromatic N) is 1. The number of pyridine rings is 1. The third-order valence-electron chi connectivity index (χ3n) is 2.15. The van der Waals surface area contributed by atoms with Crippen LogP contribution in [0.2, 0.25) is 5.15 Å². The Hall–Kier alpha value is -0.840. The van der Waals surface area contributed by atoms with Gasteiger partial charge in [-0.25, -0.2) is 4.98 Å². The van der Waals surface area contributed by atoms with Crippen LogP contribution in [0.1, 0.15) is 16.8 Å². The molecule has 0 bridgehead atoms. The van der Waals surface area contributed by atoms with Gasteiger partial charge in [-0.1, -0.05) is 11.6 Å². The Labute approximate surface area is 98.6 Å². The van der Waals surface area contributed by atoms with Crippen LogP contribution in [0, 0.1) is 0 Å². The summed E-state index contributed by atoms with van der Waals surface area (Å²) in [5.74, 6) is -0.146. The average molecular weight is 248 g/mol. The molecule has 2 rings (SSSR count). The molecule has 1 aromatic heterocycles. The maximum atomic E-state index is 11.5. The minimum Gasteiger partial charge on any atom is -0.348 e. The molecule has 4 nitrogen and oxygen atoms in total. The number of rotatable bonds is 2. The van der Waals surface area contributed by atoms with Crippen molar-refractivity contribution in [1.29, 1.82) is 0 Å². The SMILES string of the molecule is Cl.NC1CC1NC(=O)c1ccc(Cl)nc1. The van der Waals surface area contributed by atoms with Gasteiger partial charge in [0.15, 0.2) is 0 Å². The summed E-state index contributed by atoms with van der Waals surface area (Å²) in [5.41, 5.74) is 6.07. The first-order chi connectivity index (χ1) is 6.66. The van der Waals surface area contributed by atoms with Gasteiger partial charge in [0.1, 0.15) is 5.15 Å². The van der Waals surface area contributed by atoms with E-state index in [4.69, 9.17) is 17.3 Å². The first kappa shape index (κ1) is 12.2. The normalized spacial score (nSPS) is 22.8. The Bertz CT molecular complexity index is 355. The van der Waals surface area contributed by atoms with Crippen molar-refractivity contribution in [1.82, 2.24) is 10.3 Å². The fourth-order valence-electron chi connectivity index (χ4n) is 1.14. The fourth-order valence-corrected chi connectivity index (χ4v) is 1.25. The number of aromatic nitrogens is 1. The van der Waals surface area contributed by atoms with E-state index in [1.807, 2.05) is 0 Å². The fraction of sp³-hybridized carbons (Fsp3) is 0.333. The lowest BCUT2D eigenvalue weighted by atomic mass is 10.3. The van der Waals surface area contributed by atoms with E-state index in [0.717, 1.165) is 6.42 Å². The summed E-state index contributed by atoms with van der Waals surface area (Å²) in [7, 11) is 0. The Morgan fingerprint density at radius 3 is 2.73 bits per heavy atom. The third-order valence-corrected chi connectivity index (χ3v) is 2.37. The highest BCUT2D eigenvalue weighted by Crippen LogP contribution is 2.18. The standard InChI is InChI=1S/C9H10ClN3O.ClH/c10-8-2-1-5(4-12-8)9(14)13-7-3-6(7)11;/h1-2,4,6-7H,3,11H2,(H,13,14);1H. The molecule has 1 saturated carbocycles. The topological polar surface area (TPSA) is 68.0 Å². The lowest BCUT2D eigenvalue weighted by Crippen LogP contribution is -2.29. The second kappa shape index (κ2) is 4.79. The van der Waals surface area contributed by atoms with Crippen LogP contribution in [0.4, 0.5) is 0 Å². The molecule has 1 fully saturated rings. The molecule has 0 aromatic carbocycles. The molecule has 15 heavy (non-hydrogen) atoms. The van der Waals surface area contributed by atoms with Crippen molar-refractivity contribution in [2.24, 2.45) is 5.73 Å². The number of hydrogen-bond donors (Lipinski definition) is 2. The molecular weight excluding hydrogens is 237 g/mol. The van der Waals surface area contributed by atoms with Crippen molar-refractivity contribution in [2.45, 2.75) is 18.5 Å². The van der Waals surface area contributed by atoms with Gasteiger partial charge in [-0.05, 0) is 18.6 Å². The smallest absolute Gasteiger partial charge is 0.253 e.